The number of aryl methyl sites for hydroxylation is 2. The highest BCUT2D eigenvalue weighted by atomic mass is 32.1. The maximum absolute atomic E-state index is 4.33. The minimum atomic E-state index is 0.192. The van der Waals surface area contributed by atoms with E-state index in [1.165, 1.54) is 11.1 Å². The van der Waals surface area contributed by atoms with Gasteiger partial charge in [0.1, 0.15) is 10.0 Å². The van der Waals surface area contributed by atoms with Gasteiger partial charge in [-0.25, -0.2) is 0 Å². The number of benzene rings is 1. The Balaban J connectivity index is 1.83. The quantitative estimate of drug-likeness (QED) is 0.826. The van der Waals surface area contributed by atoms with Gasteiger partial charge in [0.15, 0.2) is 0 Å². The van der Waals surface area contributed by atoms with Crippen molar-refractivity contribution in [3.05, 3.63) is 45.4 Å². The third-order valence-electron chi connectivity index (χ3n) is 3.33. The molecule has 114 valence electrons. The molecule has 0 aliphatic rings. The average molecular weight is 303 g/mol. The van der Waals surface area contributed by atoms with Crippen molar-refractivity contribution in [3.63, 3.8) is 0 Å². The van der Waals surface area contributed by atoms with Crippen LogP contribution in [0.15, 0.2) is 24.3 Å². The van der Waals surface area contributed by atoms with E-state index in [1.807, 2.05) is 0 Å². The van der Waals surface area contributed by atoms with Gasteiger partial charge in [0.25, 0.3) is 0 Å². The summed E-state index contributed by atoms with van der Waals surface area (Å²) in [5, 5.41) is 14.4. The lowest BCUT2D eigenvalue weighted by molar-refractivity contribution is 0.422. The van der Waals surface area contributed by atoms with Gasteiger partial charge in [-0.15, -0.1) is 21.5 Å². The summed E-state index contributed by atoms with van der Waals surface area (Å²) in [7, 11) is 0. The smallest absolute Gasteiger partial charge is 0.121 e. The fourth-order valence-electron chi connectivity index (χ4n) is 2.14. The highest BCUT2D eigenvalue weighted by Gasteiger charge is 2.09. The van der Waals surface area contributed by atoms with Crippen molar-refractivity contribution in [2.75, 3.05) is 6.54 Å². The maximum Gasteiger partial charge on any atom is 0.121 e. The molecule has 2 aromatic rings. The molecule has 0 radical (unpaired) electrons. The normalized spacial score (nSPS) is 11.8. The van der Waals surface area contributed by atoms with E-state index in [1.54, 1.807) is 11.3 Å². The fraction of sp³-hybridized carbons (Fsp3) is 0.529. The van der Waals surface area contributed by atoms with Crippen LogP contribution in [0.25, 0.3) is 0 Å². The monoisotopic (exact) mass is 303 g/mol. The predicted molar refractivity (Wildman–Crippen MR) is 90.0 cm³/mol. The van der Waals surface area contributed by atoms with Crippen LogP contribution in [0, 0.1) is 6.92 Å². The lowest BCUT2D eigenvalue weighted by Crippen LogP contribution is -2.36. The summed E-state index contributed by atoms with van der Waals surface area (Å²) in [6.45, 7) is 9.75. The van der Waals surface area contributed by atoms with Crippen LogP contribution in [-0.2, 0) is 12.8 Å². The Morgan fingerprint density at radius 2 is 1.81 bits per heavy atom. The fourth-order valence-corrected chi connectivity index (χ4v) is 3.04. The molecule has 0 fully saturated rings. The van der Waals surface area contributed by atoms with E-state index in [-0.39, 0.29) is 5.54 Å². The first-order chi connectivity index (χ1) is 9.94. The molecule has 21 heavy (non-hydrogen) atoms. The Kier molecular flexibility index (Phi) is 5.48. The standard InChI is InChI=1S/C17H25N3S/c1-13-8-5-6-9-14(13)12-16-20-19-15(21-16)10-7-11-18-17(2,3)4/h5-6,8-9,18H,7,10-12H2,1-4H3. The summed E-state index contributed by atoms with van der Waals surface area (Å²) >= 11 is 1.74. The Morgan fingerprint density at radius 3 is 2.52 bits per heavy atom. The van der Waals surface area contributed by atoms with Crippen LogP contribution in [-0.4, -0.2) is 22.3 Å². The number of rotatable bonds is 6. The van der Waals surface area contributed by atoms with Crippen LogP contribution in [0.2, 0.25) is 0 Å². The number of aromatic nitrogens is 2. The van der Waals surface area contributed by atoms with Crippen LogP contribution < -0.4 is 5.32 Å². The number of nitrogens with one attached hydrogen (secondary N) is 1. The maximum atomic E-state index is 4.33. The number of hydrogen-bond acceptors (Lipinski definition) is 4. The lowest BCUT2D eigenvalue weighted by atomic mass is 10.1. The van der Waals surface area contributed by atoms with Crippen LogP contribution >= 0.6 is 11.3 Å². The van der Waals surface area contributed by atoms with Crippen molar-refractivity contribution in [2.45, 2.75) is 52.5 Å². The second kappa shape index (κ2) is 7.14. The molecule has 0 unspecified atom stereocenters. The van der Waals surface area contributed by atoms with Crippen LogP contribution in [0.1, 0.15) is 48.3 Å². The van der Waals surface area contributed by atoms with E-state index in [0.29, 0.717) is 0 Å². The zero-order valence-corrected chi connectivity index (χ0v) is 14.3. The van der Waals surface area contributed by atoms with E-state index in [9.17, 15) is 0 Å². The molecular formula is C17H25N3S. The summed E-state index contributed by atoms with van der Waals surface area (Å²) in [4.78, 5) is 0. The second-order valence-electron chi connectivity index (χ2n) is 6.47. The molecular weight excluding hydrogens is 278 g/mol. The van der Waals surface area contributed by atoms with E-state index in [0.717, 1.165) is 35.8 Å². The molecule has 3 nitrogen and oxygen atoms in total. The first kappa shape index (κ1) is 16.1. The molecule has 1 aromatic carbocycles. The van der Waals surface area contributed by atoms with E-state index < -0.39 is 0 Å². The Hall–Kier alpha value is -1.26. The Morgan fingerprint density at radius 1 is 1.10 bits per heavy atom. The van der Waals surface area contributed by atoms with Crippen LogP contribution in [0.4, 0.5) is 0 Å². The summed E-state index contributed by atoms with van der Waals surface area (Å²) < 4.78 is 0. The van der Waals surface area contributed by atoms with Crippen molar-refractivity contribution in [1.82, 2.24) is 15.5 Å². The van der Waals surface area contributed by atoms with Gasteiger partial charge in [-0.2, -0.15) is 0 Å². The molecule has 0 aliphatic carbocycles. The van der Waals surface area contributed by atoms with Gasteiger partial charge < -0.3 is 5.32 Å². The molecule has 0 aliphatic heterocycles. The molecule has 1 aromatic heterocycles. The molecule has 0 amide bonds. The third kappa shape index (κ3) is 5.56. The van der Waals surface area contributed by atoms with Crippen molar-refractivity contribution in [2.24, 2.45) is 0 Å². The SMILES string of the molecule is Cc1ccccc1Cc1nnc(CCCNC(C)(C)C)s1. The first-order valence-electron chi connectivity index (χ1n) is 7.55. The summed E-state index contributed by atoms with van der Waals surface area (Å²) in [5.74, 6) is 0. The van der Waals surface area contributed by atoms with Crippen molar-refractivity contribution < 1.29 is 0 Å². The van der Waals surface area contributed by atoms with Gasteiger partial charge in [0, 0.05) is 18.4 Å². The highest BCUT2D eigenvalue weighted by Crippen LogP contribution is 2.18. The molecule has 0 saturated carbocycles. The van der Waals surface area contributed by atoms with Crippen LogP contribution in [0.5, 0.6) is 0 Å². The van der Waals surface area contributed by atoms with Gasteiger partial charge in [-0.05, 0) is 51.8 Å². The van der Waals surface area contributed by atoms with Gasteiger partial charge in [0.2, 0.25) is 0 Å². The molecule has 0 spiro atoms. The average Bonchev–Trinajstić information content (AvgIpc) is 2.84. The Bertz CT molecular complexity index is 569. The summed E-state index contributed by atoms with van der Waals surface area (Å²) in [6.07, 6.45) is 3.01. The molecule has 1 heterocycles. The van der Waals surface area contributed by atoms with E-state index in [2.05, 4.69) is 67.5 Å². The van der Waals surface area contributed by atoms with E-state index >= 15 is 0 Å². The van der Waals surface area contributed by atoms with E-state index in [4.69, 9.17) is 0 Å². The van der Waals surface area contributed by atoms with Gasteiger partial charge in [-0.1, -0.05) is 24.3 Å². The predicted octanol–water partition coefficient (Wildman–Crippen LogP) is 3.76. The molecule has 0 saturated heterocycles. The molecule has 2 rings (SSSR count). The lowest BCUT2D eigenvalue weighted by Gasteiger charge is -2.20. The molecule has 1 N–H and O–H groups in total. The van der Waals surface area contributed by atoms with Gasteiger partial charge in [0.05, 0.1) is 0 Å². The van der Waals surface area contributed by atoms with Gasteiger partial charge >= 0.3 is 0 Å². The van der Waals surface area contributed by atoms with Gasteiger partial charge in [-0.3, -0.25) is 0 Å². The van der Waals surface area contributed by atoms with Crippen molar-refractivity contribution in [3.8, 4) is 0 Å². The van der Waals surface area contributed by atoms with Crippen LogP contribution in [0.3, 0.4) is 0 Å². The summed E-state index contributed by atoms with van der Waals surface area (Å²) in [6, 6.07) is 8.48. The minimum absolute atomic E-state index is 0.192. The topological polar surface area (TPSA) is 37.8 Å². The zero-order chi connectivity index (χ0) is 15.3. The van der Waals surface area contributed by atoms with Crippen molar-refractivity contribution >= 4 is 11.3 Å². The van der Waals surface area contributed by atoms with Crippen molar-refractivity contribution in [1.29, 1.82) is 0 Å². The Labute approximate surface area is 131 Å². The first-order valence-corrected chi connectivity index (χ1v) is 8.36. The highest BCUT2D eigenvalue weighted by molar-refractivity contribution is 7.11. The molecule has 0 bridgehead atoms. The largest absolute Gasteiger partial charge is 0.312 e. The zero-order valence-electron chi connectivity index (χ0n) is 13.4. The molecule has 4 heteroatoms. The number of hydrogen-bond donors (Lipinski definition) is 1. The number of nitrogens with zero attached hydrogens (tertiary/aromatic N) is 2. The third-order valence-corrected chi connectivity index (χ3v) is 4.32. The minimum Gasteiger partial charge on any atom is -0.312 e. The second-order valence-corrected chi connectivity index (χ2v) is 7.62. The molecule has 0 atom stereocenters. The summed E-state index contributed by atoms with van der Waals surface area (Å²) in [5.41, 5.74) is 2.86.